The molecule has 1 aromatic carbocycles. The van der Waals surface area contributed by atoms with Crippen molar-refractivity contribution in [3.8, 4) is 11.5 Å². The topological polar surface area (TPSA) is 108 Å². The molecule has 1 unspecified atom stereocenters. The predicted molar refractivity (Wildman–Crippen MR) is 76.0 cm³/mol. The van der Waals surface area contributed by atoms with Gasteiger partial charge in [-0.25, -0.2) is 9.78 Å². The third-order valence-electron chi connectivity index (χ3n) is 2.89. The van der Waals surface area contributed by atoms with Crippen LogP contribution in [0.1, 0.15) is 11.3 Å². The number of carbonyl (C=O) groups is 1. The number of aliphatic imine (C=N–C) groups is 1. The summed E-state index contributed by atoms with van der Waals surface area (Å²) in [6.45, 7) is 0. The Balaban J connectivity index is 2.18. The molecule has 0 saturated carbocycles. The highest BCUT2D eigenvalue weighted by Gasteiger charge is 2.17. The average molecular weight is 289 g/mol. The number of ether oxygens (including phenoxy) is 1. The number of nitrogens with zero attached hydrogens (tertiary/aromatic N) is 2. The van der Waals surface area contributed by atoms with Crippen molar-refractivity contribution in [1.29, 1.82) is 0 Å². The van der Waals surface area contributed by atoms with Crippen LogP contribution in [0, 0.1) is 0 Å². The molecule has 3 N–H and O–H groups in total. The second-order valence-corrected chi connectivity index (χ2v) is 4.29. The number of methoxy groups -OCH3 is 1. The van der Waals surface area contributed by atoms with Crippen molar-refractivity contribution < 1.29 is 19.7 Å². The molecule has 21 heavy (non-hydrogen) atoms. The quantitative estimate of drug-likeness (QED) is 0.693. The number of phenols is 1. The Morgan fingerprint density at radius 1 is 1.57 bits per heavy atom. The Hall–Kier alpha value is -2.83. The van der Waals surface area contributed by atoms with Gasteiger partial charge < -0.3 is 19.9 Å². The summed E-state index contributed by atoms with van der Waals surface area (Å²) < 4.78 is 4.98. The number of H-pyrrole nitrogens is 1. The van der Waals surface area contributed by atoms with Crippen molar-refractivity contribution in [3.63, 3.8) is 0 Å². The van der Waals surface area contributed by atoms with Gasteiger partial charge in [0.25, 0.3) is 0 Å². The van der Waals surface area contributed by atoms with Crippen LogP contribution >= 0.6 is 0 Å². The monoisotopic (exact) mass is 289 g/mol. The molecule has 2 aromatic rings. The zero-order valence-corrected chi connectivity index (χ0v) is 11.4. The predicted octanol–water partition coefficient (Wildman–Crippen LogP) is 1.24. The zero-order valence-electron chi connectivity index (χ0n) is 11.4. The number of phenolic OH excluding ortho intramolecular Hbond substituents is 1. The van der Waals surface area contributed by atoms with Gasteiger partial charge in [0, 0.05) is 24.4 Å². The second-order valence-electron chi connectivity index (χ2n) is 4.29. The maximum atomic E-state index is 11.2. The zero-order chi connectivity index (χ0) is 15.2. The minimum absolute atomic E-state index is 0.0762. The maximum absolute atomic E-state index is 11.2. The number of hydrogen-bond acceptors (Lipinski definition) is 5. The fraction of sp³-hybridized carbons (Fsp3) is 0.214. The highest BCUT2D eigenvalue weighted by atomic mass is 16.5. The first-order valence-corrected chi connectivity index (χ1v) is 6.21. The van der Waals surface area contributed by atoms with Gasteiger partial charge in [-0.15, -0.1) is 0 Å². The summed E-state index contributed by atoms with van der Waals surface area (Å²) >= 11 is 0. The molecule has 7 nitrogen and oxygen atoms in total. The van der Waals surface area contributed by atoms with E-state index in [1.165, 1.54) is 19.7 Å². The van der Waals surface area contributed by atoms with Crippen LogP contribution in [0.15, 0.2) is 35.7 Å². The summed E-state index contributed by atoms with van der Waals surface area (Å²) in [5, 5.41) is 19.1. The highest BCUT2D eigenvalue weighted by Crippen LogP contribution is 2.28. The molecule has 1 atom stereocenters. The van der Waals surface area contributed by atoms with Crippen LogP contribution in [-0.4, -0.2) is 45.5 Å². The van der Waals surface area contributed by atoms with Gasteiger partial charge in [0.1, 0.15) is 0 Å². The van der Waals surface area contributed by atoms with Crippen LogP contribution in [0.25, 0.3) is 0 Å². The Kier molecular flexibility index (Phi) is 4.55. The van der Waals surface area contributed by atoms with Gasteiger partial charge in [-0.05, 0) is 12.1 Å². The van der Waals surface area contributed by atoms with Gasteiger partial charge in [0.15, 0.2) is 17.5 Å². The van der Waals surface area contributed by atoms with E-state index in [4.69, 9.17) is 4.74 Å². The first-order chi connectivity index (χ1) is 10.1. The molecule has 110 valence electrons. The lowest BCUT2D eigenvalue weighted by atomic mass is 10.1. The average Bonchev–Trinajstić information content (AvgIpc) is 2.97. The van der Waals surface area contributed by atoms with E-state index >= 15 is 0 Å². The Bertz CT molecular complexity index is 638. The molecule has 0 amide bonds. The highest BCUT2D eigenvalue weighted by molar-refractivity contribution is 5.87. The van der Waals surface area contributed by atoms with Gasteiger partial charge in [0.2, 0.25) is 0 Å². The molecule has 0 aliphatic rings. The second kappa shape index (κ2) is 6.56. The largest absolute Gasteiger partial charge is 0.504 e. The molecule has 0 bridgehead atoms. The van der Waals surface area contributed by atoms with Crippen molar-refractivity contribution >= 4 is 12.2 Å². The fourth-order valence-electron chi connectivity index (χ4n) is 1.78. The molecule has 0 saturated heterocycles. The van der Waals surface area contributed by atoms with Crippen LogP contribution in [0.2, 0.25) is 0 Å². The standard InChI is InChI=1S/C14H15N3O4/c1-21-12-4-2-3-9(13(12)18)6-16-11(14(19)20)5-10-7-15-8-17-10/h2-4,6-8,11,18H,5H2,1H3,(H,15,17)(H,19,20)/b16-6-. The summed E-state index contributed by atoms with van der Waals surface area (Å²) in [4.78, 5) is 22.0. The first kappa shape index (κ1) is 14.6. The van der Waals surface area contributed by atoms with Crippen molar-refractivity contribution in [2.24, 2.45) is 4.99 Å². The molecule has 1 heterocycles. The third kappa shape index (κ3) is 3.59. The number of imidazole rings is 1. The van der Waals surface area contributed by atoms with E-state index < -0.39 is 12.0 Å². The van der Waals surface area contributed by atoms with E-state index in [0.717, 1.165) is 0 Å². The number of rotatable bonds is 6. The number of carboxylic acid groups (broad SMARTS) is 1. The molecular weight excluding hydrogens is 274 g/mol. The van der Waals surface area contributed by atoms with Crippen LogP contribution < -0.4 is 4.74 Å². The lowest BCUT2D eigenvalue weighted by Gasteiger charge is -2.07. The van der Waals surface area contributed by atoms with Crippen LogP contribution in [0.5, 0.6) is 11.5 Å². The lowest BCUT2D eigenvalue weighted by Crippen LogP contribution is -2.21. The molecule has 0 spiro atoms. The number of para-hydroxylation sites is 1. The lowest BCUT2D eigenvalue weighted by molar-refractivity contribution is -0.138. The number of aliphatic carboxylic acids is 1. The number of aromatic amines is 1. The fourth-order valence-corrected chi connectivity index (χ4v) is 1.78. The van der Waals surface area contributed by atoms with E-state index in [0.29, 0.717) is 17.0 Å². The Morgan fingerprint density at radius 2 is 2.38 bits per heavy atom. The number of aromatic hydroxyl groups is 1. The Labute approximate surface area is 121 Å². The summed E-state index contributed by atoms with van der Waals surface area (Å²) in [5.74, 6) is -0.831. The van der Waals surface area contributed by atoms with Crippen LogP contribution in [0.4, 0.5) is 0 Å². The SMILES string of the molecule is COc1cccc(/C=N\C(Cc2c[nH]cn2)C(=O)O)c1O. The van der Waals surface area contributed by atoms with E-state index in [2.05, 4.69) is 15.0 Å². The van der Waals surface area contributed by atoms with Crippen LogP contribution in [-0.2, 0) is 11.2 Å². The summed E-state index contributed by atoms with van der Waals surface area (Å²) in [6, 6.07) is 3.93. The first-order valence-electron chi connectivity index (χ1n) is 6.21. The number of carboxylic acids is 1. The van der Waals surface area contributed by atoms with E-state index in [-0.39, 0.29) is 12.2 Å². The van der Waals surface area contributed by atoms with Gasteiger partial charge in [-0.3, -0.25) is 4.99 Å². The van der Waals surface area contributed by atoms with E-state index in [9.17, 15) is 15.0 Å². The summed E-state index contributed by atoms with van der Waals surface area (Å²) in [5.41, 5.74) is 0.997. The summed E-state index contributed by atoms with van der Waals surface area (Å²) in [6.07, 6.45) is 4.59. The number of aromatic nitrogens is 2. The minimum atomic E-state index is -1.06. The molecule has 1 aromatic heterocycles. The van der Waals surface area contributed by atoms with E-state index in [1.807, 2.05) is 0 Å². The molecule has 0 fully saturated rings. The molecule has 0 aliphatic heterocycles. The number of nitrogens with one attached hydrogen (secondary N) is 1. The molecule has 0 aliphatic carbocycles. The van der Waals surface area contributed by atoms with Gasteiger partial charge >= 0.3 is 5.97 Å². The molecular formula is C14H15N3O4. The normalized spacial score (nSPS) is 12.4. The van der Waals surface area contributed by atoms with Gasteiger partial charge in [-0.2, -0.15) is 0 Å². The maximum Gasteiger partial charge on any atom is 0.328 e. The van der Waals surface area contributed by atoms with Crippen molar-refractivity contribution in [2.75, 3.05) is 7.11 Å². The smallest absolute Gasteiger partial charge is 0.328 e. The minimum Gasteiger partial charge on any atom is -0.504 e. The van der Waals surface area contributed by atoms with Crippen molar-refractivity contribution in [2.45, 2.75) is 12.5 Å². The van der Waals surface area contributed by atoms with Crippen LogP contribution in [0.3, 0.4) is 0 Å². The third-order valence-corrected chi connectivity index (χ3v) is 2.89. The number of hydrogen-bond donors (Lipinski definition) is 3. The van der Waals surface area contributed by atoms with Crippen molar-refractivity contribution in [1.82, 2.24) is 9.97 Å². The molecule has 0 radical (unpaired) electrons. The Morgan fingerprint density at radius 3 is 3.00 bits per heavy atom. The van der Waals surface area contributed by atoms with E-state index in [1.54, 1.807) is 24.4 Å². The summed E-state index contributed by atoms with van der Waals surface area (Å²) in [7, 11) is 1.44. The van der Waals surface area contributed by atoms with Gasteiger partial charge in [0.05, 0.1) is 19.1 Å². The van der Waals surface area contributed by atoms with Crippen molar-refractivity contribution in [3.05, 3.63) is 42.0 Å². The van der Waals surface area contributed by atoms with Gasteiger partial charge in [-0.1, -0.05) is 6.07 Å². The molecule has 2 rings (SSSR count). The molecule has 7 heteroatoms. The number of benzene rings is 1.